The van der Waals surface area contributed by atoms with Crippen molar-refractivity contribution < 1.29 is 9.18 Å². The van der Waals surface area contributed by atoms with Gasteiger partial charge < -0.3 is 9.80 Å². The van der Waals surface area contributed by atoms with Gasteiger partial charge >= 0.3 is 0 Å². The summed E-state index contributed by atoms with van der Waals surface area (Å²) in [7, 11) is 2.09. The highest BCUT2D eigenvalue weighted by Crippen LogP contribution is 2.26. The molecule has 0 bridgehead atoms. The van der Waals surface area contributed by atoms with Crippen LogP contribution in [0.15, 0.2) is 61.1 Å². The number of carbonyl (C=O) groups excluding carboxylic acids is 1. The lowest BCUT2D eigenvalue weighted by atomic mass is 10.1. The van der Waals surface area contributed by atoms with Crippen molar-refractivity contribution in [2.24, 2.45) is 0 Å². The summed E-state index contributed by atoms with van der Waals surface area (Å²) in [5, 5.41) is 1.05. The quantitative estimate of drug-likeness (QED) is 0.473. The lowest BCUT2D eigenvalue weighted by Gasteiger charge is -2.20. The van der Waals surface area contributed by atoms with Crippen LogP contribution in [0.4, 0.5) is 4.39 Å². The SMILES string of the molecule is Cc1cn(-c2ncc(-c3ccccc3F)cn2)c2cc(C(=O)N3CCCN(C)CC3)ccc12. The highest BCUT2D eigenvalue weighted by Gasteiger charge is 2.20. The number of aryl methyl sites for hydroxylation is 1. The minimum Gasteiger partial charge on any atom is -0.337 e. The van der Waals surface area contributed by atoms with Crippen LogP contribution in [0.5, 0.6) is 0 Å². The first-order valence-corrected chi connectivity index (χ1v) is 11.2. The molecule has 5 rings (SSSR count). The molecule has 1 saturated heterocycles. The van der Waals surface area contributed by atoms with E-state index in [-0.39, 0.29) is 11.7 Å². The van der Waals surface area contributed by atoms with E-state index in [2.05, 4.69) is 21.9 Å². The molecular weight excluding hydrogens is 417 g/mol. The molecule has 1 aliphatic heterocycles. The predicted molar refractivity (Wildman–Crippen MR) is 127 cm³/mol. The molecule has 3 heterocycles. The third-order valence-electron chi connectivity index (χ3n) is 6.30. The van der Waals surface area contributed by atoms with Crippen LogP contribution >= 0.6 is 0 Å². The van der Waals surface area contributed by atoms with E-state index in [0.717, 1.165) is 49.1 Å². The molecule has 1 fully saturated rings. The molecule has 0 spiro atoms. The summed E-state index contributed by atoms with van der Waals surface area (Å²) in [5.74, 6) is 0.224. The van der Waals surface area contributed by atoms with E-state index < -0.39 is 0 Å². The normalized spacial score (nSPS) is 15.1. The fourth-order valence-corrected chi connectivity index (χ4v) is 4.41. The Morgan fingerprint density at radius 2 is 1.79 bits per heavy atom. The van der Waals surface area contributed by atoms with Crippen LogP contribution in [0.25, 0.3) is 28.0 Å². The first-order chi connectivity index (χ1) is 16.0. The third-order valence-corrected chi connectivity index (χ3v) is 6.30. The molecular formula is C26H26FN5O. The second-order valence-electron chi connectivity index (χ2n) is 8.61. The van der Waals surface area contributed by atoms with Gasteiger partial charge in [0.25, 0.3) is 5.91 Å². The van der Waals surface area contributed by atoms with E-state index in [4.69, 9.17) is 0 Å². The summed E-state index contributed by atoms with van der Waals surface area (Å²) < 4.78 is 16.0. The van der Waals surface area contributed by atoms with Crippen molar-refractivity contribution in [3.63, 3.8) is 0 Å². The van der Waals surface area contributed by atoms with Gasteiger partial charge in [-0.3, -0.25) is 9.36 Å². The summed E-state index contributed by atoms with van der Waals surface area (Å²) in [5.41, 5.74) is 3.70. The molecule has 7 heteroatoms. The van der Waals surface area contributed by atoms with Gasteiger partial charge in [0, 0.05) is 60.3 Å². The van der Waals surface area contributed by atoms with Gasteiger partial charge in [0.1, 0.15) is 5.82 Å². The van der Waals surface area contributed by atoms with Crippen LogP contribution in [0, 0.1) is 12.7 Å². The lowest BCUT2D eigenvalue weighted by Crippen LogP contribution is -2.34. The minimum atomic E-state index is -0.307. The van der Waals surface area contributed by atoms with E-state index >= 15 is 0 Å². The van der Waals surface area contributed by atoms with Crippen LogP contribution in [-0.2, 0) is 0 Å². The van der Waals surface area contributed by atoms with Gasteiger partial charge in [-0.25, -0.2) is 14.4 Å². The van der Waals surface area contributed by atoms with Gasteiger partial charge in [-0.2, -0.15) is 0 Å². The Morgan fingerprint density at radius 3 is 2.58 bits per heavy atom. The number of hydrogen-bond donors (Lipinski definition) is 0. The van der Waals surface area contributed by atoms with Gasteiger partial charge in [0.2, 0.25) is 5.95 Å². The average Bonchev–Trinajstić information content (AvgIpc) is 3.00. The maximum absolute atomic E-state index is 14.1. The number of hydrogen-bond acceptors (Lipinski definition) is 4. The molecule has 0 saturated carbocycles. The molecule has 1 aliphatic rings. The van der Waals surface area contributed by atoms with Crippen molar-refractivity contribution in [1.82, 2.24) is 24.3 Å². The minimum absolute atomic E-state index is 0.0495. The van der Waals surface area contributed by atoms with E-state index in [0.29, 0.717) is 22.6 Å². The summed E-state index contributed by atoms with van der Waals surface area (Å²) in [4.78, 5) is 26.4. The topological polar surface area (TPSA) is 54.3 Å². The van der Waals surface area contributed by atoms with E-state index in [1.54, 1.807) is 30.6 Å². The first-order valence-electron chi connectivity index (χ1n) is 11.2. The zero-order valence-corrected chi connectivity index (χ0v) is 18.8. The zero-order valence-electron chi connectivity index (χ0n) is 18.8. The smallest absolute Gasteiger partial charge is 0.253 e. The van der Waals surface area contributed by atoms with Crippen LogP contribution < -0.4 is 0 Å². The molecule has 2 aromatic carbocycles. The Labute approximate surface area is 192 Å². The highest BCUT2D eigenvalue weighted by molar-refractivity contribution is 5.99. The van der Waals surface area contributed by atoms with Gasteiger partial charge in [-0.15, -0.1) is 0 Å². The van der Waals surface area contributed by atoms with Gasteiger partial charge in [-0.1, -0.05) is 24.3 Å². The predicted octanol–water partition coefficient (Wildman–Crippen LogP) is 4.31. The zero-order chi connectivity index (χ0) is 22.9. The number of fused-ring (bicyclic) bond motifs is 1. The number of nitrogens with zero attached hydrogens (tertiary/aromatic N) is 5. The largest absolute Gasteiger partial charge is 0.337 e. The van der Waals surface area contributed by atoms with Gasteiger partial charge in [-0.05, 0) is 50.7 Å². The number of halogens is 1. The highest BCUT2D eigenvalue weighted by atomic mass is 19.1. The van der Waals surface area contributed by atoms with E-state index in [9.17, 15) is 9.18 Å². The first kappa shape index (κ1) is 21.3. The Morgan fingerprint density at radius 1 is 1.00 bits per heavy atom. The Kier molecular flexibility index (Phi) is 5.64. The lowest BCUT2D eigenvalue weighted by molar-refractivity contribution is 0.0763. The molecule has 2 aromatic heterocycles. The summed E-state index contributed by atoms with van der Waals surface area (Å²) in [6.45, 7) is 5.41. The van der Waals surface area contributed by atoms with Gasteiger partial charge in [0.05, 0.1) is 5.52 Å². The van der Waals surface area contributed by atoms with Crippen LogP contribution in [0.1, 0.15) is 22.3 Å². The molecule has 0 aliphatic carbocycles. The second kappa shape index (κ2) is 8.75. The molecule has 168 valence electrons. The van der Waals surface area contributed by atoms with Crippen LogP contribution in [0.2, 0.25) is 0 Å². The third kappa shape index (κ3) is 4.12. The number of rotatable bonds is 3. The number of carbonyl (C=O) groups is 1. The fourth-order valence-electron chi connectivity index (χ4n) is 4.41. The van der Waals surface area contributed by atoms with Crippen molar-refractivity contribution in [3.8, 4) is 17.1 Å². The monoisotopic (exact) mass is 443 g/mol. The van der Waals surface area contributed by atoms with Gasteiger partial charge in [0.15, 0.2) is 0 Å². The Hall–Kier alpha value is -3.58. The Bertz CT molecular complexity index is 1310. The number of aromatic nitrogens is 3. The van der Waals surface area contributed by atoms with E-state index in [1.165, 1.54) is 6.07 Å². The van der Waals surface area contributed by atoms with Crippen LogP contribution in [0.3, 0.4) is 0 Å². The summed E-state index contributed by atoms with van der Waals surface area (Å²) in [6, 6.07) is 12.4. The molecule has 0 unspecified atom stereocenters. The van der Waals surface area contributed by atoms with E-state index in [1.807, 2.05) is 40.8 Å². The van der Waals surface area contributed by atoms with Crippen molar-refractivity contribution in [1.29, 1.82) is 0 Å². The summed E-state index contributed by atoms with van der Waals surface area (Å²) >= 11 is 0. The number of amides is 1. The Balaban J connectivity index is 1.49. The van der Waals surface area contributed by atoms with Crippen molar-refractivity contribution in [2.45, 2.75) is 13.3 Å². The maximum Gasteiger partial charge on any atom is 0.253 e. The standard InChI is InChI=1S/C26H26FN5O/c1-18-17-32(26-28-15-20(16-29-26)22-6-3-4-7-23(22)27)24-14-19(8-9-21(18)24)25(33)31-11-5-10-30(2)12-13-31/h3-4,6-9,14-17H,5,10-13H2,1-2H3. The van der Waals surface area contributed by atoms with Crippen LogP contribution in [-0.4, -0.2) is 63.5 Å². The van der Waals surface area contributed by atoms with Crippen molar-refractivity contribution >= 4 is 16.8 Å². The molecule has 33 heavy (non-hydrogen) atoms. The summed E-state index contributed by atoms with van der Waals surface area (Å²) in [6.07, 6.45) is 6.20. The molecule has 0 N–H and O–H groups in total. The maximum atomic E-state index is 14.1. The molecule has 6 nitrogen and oxygen atoms in total. The number of likely N-dealkylation sites (N-methyl/N-ethyl adjacent to an activating group) is 1. The molecule has 0 radical (unpaired) electrons. The van der Waals surface area contributed by atoms with Crippen molar-refractivity contribution in [3.05, 3.63) is 78.0 Å². The average molecular weight is 444 g/mol. The number of benzene rings is 2. The molecule has 4 aromatic rings. The second-order valence-corrected chi connectivity index (χ2v) is 8.61. The molecule has 0 atom stereocenters. The molecule has 1 amide bonds. The van der Waals surface area contributed by atoms with Crippen molar-refractivity contribution in [2.75, 3.05) is 33.2 Å². The fraction of sp³-hybridized carbons (Fsp3) is 0.269.